The molecule has 1 aliphatic rings. The summed E-state index contributed by atoms with van der Waals surface area (Å²) in [5, 5.41) is 17.7. The Balaban J connectivity index is 1.67. The molecule has 30 heavy (non-hydrogen) atoms. The quantitative estimate of drug-likeness (QED) is 0.296. The van der Waals surface area contributed by atoms with Gasteiger partial charge in [0.15, 0.2) is 5.89 Å². The molecule has 0 spiro atoms. The first-order valence-corrected chi connectivity index (χ1v) is 10.8. The van der Waals surface area contributed by atoms with Crippen molar-refractivity contribution in [3.63, 3.8) is 0 Å². The molecule has 1 saturated heterocycles. The van der Waals surface area contributed by atoms with Gasteiger partial charge in [-0.1, -0.05) is 0 Å². The summed E-state index contributed by atoms with van der Waals surface area (Å²) < 4.78 is 39.0. The summed E-state index contributed by atoms with van der Waals surface area (Å²) in [6, 6.07) is 2.96. The molecule has 0 aliphatic carbocycles. The number of rotatable bonds is 8. The van der Waals surface area contributed by atoms with E-state index < -0.39 is 21.7 Å². The van der Waals surface area contributed by atoms with E-state index >= 15 is 0 Å². The van der Waals surface area contributed by atoms with E-state index in [1.807, 2.05) is 0 Å². The molecular weight excluding hydrogens is 416 g/mol. The van der Waals surface area contributed by atoms with Gasteiger partial charge in [-0.15, -0.1) is 0 Å². The van der Waals surface area contributed by atoms with E-state index in [0.29, 0.717) is 36.0 Å². The molecule has 2 aromatic heterocycles. The molecule has 1 atom stereocenters. The maximum atomic E-state index is 11.9. The molecule has 0 bridgehead atoms. The van der Waals surface area contributed by atoms with Crippen molar-refractivity contribution in [3.05, 3.63) is 36.2 Å². The van der Waals surface area contributed by atoms with Gasteiger partial charge in [-0.25, -0.2) is 14.8 Å². The van der Waals surface area contributed by atoms with Crippen molar-refractivity contribution in [1.29, 1.82) is 0 Å². The van der Waals surface area contributed by atoms with Crippen LogP contribution in [0.1, 0.15) is 24.5 Å². The average Bonchev–Trinajstić information content (AvgIpc) is 3.11. The van der Waals surface area contributed by atoms with Gasteiger partial charge in [0, 0.05) is 32.3 Å². The molecule has 1 amide bonds. The highest BCUT2D eigenvalue weighted by Gasteiger charge is 2.30. The number of pyridine rings is 1. The molecule has 3 heterocycles. The third kappa shape index (κ3) is 5.81. The zero-order valence-corrected chi connectivity index (χ0v) is 17.1. The van der Waals surface area contributed by atoms with Crippen LogP contribution in [0, 0.1) is 6.92 Å². The lowest BCUT2D eigenvalue weighted by molar-refractivity contribution is 0.128. The van der Waals surface area contributed by atoms with Crippen molar-refractivity contribution in [2.24, 2.45) is 0 Å². The maximum absolute atomic E-state index is 11.9. The molecule has 0 saturated carbocycles. The van der Waals surface area contributed by atoms with Gasteiger partial charge in [0.2, 0.25) is 5.50 Å². The van der Waals surface area contributed by atoms with E-state index in [9.17, 15) is 17.8 Å². The van der Waals surface area contributed by atoms with Crippen LogP contribution in [0.3, 0.4) is 0 Å². The number of amides is 1. The molecule has 5 N–H and O–H groups in total. The summed E-state index contributed by atoms with van der Waals surface area (Å²) in [5.41, 5.74) is -1.14. The van der Waals surface area contributed by atoms with Gasteiger partial charge in [0.05, 0.1) is 18.4 Å². The monoisotopic (exact) mass is 440 g/mol. The summed E-state index contributed by atoms with van der Waals surface area (Å²) in [7, 11) is -4.51. The predicted octanol–water partition coefficient (Wildman–Crippen LogP) is 1.31. The van der Waals surface area contributed by atoms with E-state index in [2.05, 4.69) is 25.9 Å². The number of hydrogen-bond acceptors (Lipinski definition) is 9. The lowest BCUT2D eigenvalue weighted by Gasteiger charge is -2.32. The number of piperidine rings is 1. The fraction of sp³-hybridized carbons (Fsp3) is 0.471. The van der Waals surface area contributed by atoms with Crippen LogP contribution in [0.25, 0.3) is 0 Å². The SMILES string of the molecule is Cc1ncc(CNc2ncccc2NC(NC2CCN(C(=O)O)CC2)S(=O)(=O)O)o1. The fourth-order valence-corrected chi connectivity index (χ4v) is 3.76. The van der Waals surface area contributed by atoms with E-state index in [0.717, 1.165) is 0 Å². The first kappa shape index (κ1) is 21.8. The number of hydrogen-bond donors (Lipinski definition) is 5. The molecule has 1 aliphatic heterocycles. The lowest BCUT2D eigenvalue weighted by atomic mass is 10.1. The standard InChI is InChI=1S/C17H24N6O6S/c1-11-19-9-13(29-11)10-20-15-14(3-2-6-18-15)22-16(30(26,27)28)21-12-4-7-23(8-5-12)17(24)25/h2-3,6,9,12,16,21-22H,4-5,7-8,10H2,1H3,(H,18,20)(H,24,25)(H,26,27,28). The van der Waals surface area contributed by atoms with Gasteiger partial charge in [0.1, 0.15) is 11.6 Å². The van der Waals surface area contributed by atoms with E-state index in [4.69, 9.17) is 9.52 Å². The largest absolute Gasteiger partial charge is 0.465 e. The number of nitrogens with one attached hydrogen (secondary N) is 3. The molecule has 0 radical (unpaired) electrons. The second-order valence-corrected chi connectivity index (χ2v) is 8.35. The summed E-state index contributed by atoms with van der Waals surface area (Å²) >= 11 is 0. The van der Waals surface area contributed by atoms with Crippen LogP contribution >= 0.6 is 0 Å². The molecule has 3 rings (SSSR count). The first-order chi connectivity index (χ1) is 14.2. The van der Waals surface area contributed by atoms with Crippen molar-refractivity contribution in [1.82, 2.24) is 20.2 Å². The van der Waals surface area contributed by atoms with Crippen molar-refractivity contribution < 1.29 is 27.3 Å². The van der Waals surface area contributed by atoms with Gasteiger partial charge in [-0.3, -0.25) is 9.87 Å². The Kier molecular flexibility index (Phi) is 6.74. The second kappa shape index (κ2) is 9.28. The third-order valence-electron chi connectivity index (χ3n) is 4.64. The molecular formula is C17H24N6O6S. The van der Waals surface area contributed by atoms with Gasteiger partial charge in [0.25, 0.3) is 10.1 Å². The summed E-state index contributed by atoms with van der Waals surface area (Å²) in [6.45, 7) is 2.56. The summed E-state index contributed by atoms with van der Waals surface area (Å²) in [4.78, 5) is 20.5. The molecule has 0 aromatic carbocycles. The average molecular weight is 440 g/mol. The number of nitrogens with zero attached hydrogens (tertiary/aromatic N) is 3. The molecule has 1 fully saturated rings. The number of aromatic nitrogens is 2. The van der Waals surface area contributed by atoms with Gasteiger partial charge in [-0.05, 0) is 25.0 Å². The zero-order chi connectivity index (χ0) is 21.7. The highest BCUT2D eigenvalue weighted by atomic mass is 32.2. The minimum absolute atomic E-state index is 0.279. The molecule has 1 unspecified atom stereocenters. The third-order valence-corrected chi connectivity index (χ3v) is 5.49. The second-order valence-electron chi connectivity index (χ2n) is 6.85. The van der Waals surface area contributed by atoms with Crippen LogP contribution in [-0.2, 0) is 16.7 Å². The van der Waals surface area contributed by atoms with Crippen LogP contribution in [-0.4, -0.2) is 63.7 Å². The number of oxazole rings is 1. The highest BCUT2D eigenvalue weighted by Crippen LogP contribution is 2.21. The van der Waals surface area contributed by atoms with E-state index in [1.165, 1.54) is 11.1 Å². The lowest BCUT2D eigenvalue weighted by Crippen LogP contribution is -2.52. The molecule has 2 aromatic rings. The van der Waals surface area contributed by atoms with Gasteiger partial charge >= 0.3 is 6.09 Å². The number of likely N-dealkylation sites (tertiary alicyclic amines) is 1. The molecule has 12 nitrogen and oxygen atoms in total. The number of anilines is 2. The van der Waals surface area contributed by atoms with Crippen LogP contribution in [0.15, 0.2) is 28.9 Å². The van der Waals surface area contributed by atoms with Crippen molar-refractivity contribution in [2.45, 2.75) is 37.8 Å². The Bertz CT molecular complexity index is 973. The topological polar surface area (TPSA) is 170 Å². The van der Waals surface area contributed by atoms with Crippen molar-refractivity contribution in [2.75, 3.05) is 23.7 Å². The Morgan fingerprint density at radius 2 is 2.10 bits per heavy atom. The number of aryl methyl sites for hydroxylation is 1. The highest BCUT2D eigenvalue weighted by molar-refractivity contribution is 7.86. The van der Waals surface area contributed by atoms with Gasteiger partial charge < -0.3 is 25.1 Å². The maximum Gasteiger partial charge on any atom is 0.407 e. The first-order valence-electron chi connectivity index (χ1n) is 9.29. The Labute approximate surface area is 173 Å². The minimum Gasteiger partial charge on any atom is -0.465 e. The summed E-state index contributed by atoms with van der Waals surface area (Å²) in [6.07, 6.45) is 2.94. The fourth-order valence-electron chi connectivity index (χ4n) is 3.12. The zero-order valence-electron chi connectivity index (χ0n) is 16.3. The predicted molar refractivity (Wildman–Crippen MR) is 108 cm³/mol. The number of carbonyl (C=O) groups is 1. The molecule has 13 heteroatoms. The molecule has 164 valence electrons. The van der Waals surface area contributed by atoms with Crippen molar-refractivity contribution in [3.8, 4) is 0 Å². The number of carboxylic acid groups (broad SMARTS) is 1. The van der Waals surface area contributed by atoms with Crippen LogP contribution in [0.5, 0.6) is 0 Å². The Morgan fingerprint density at radius 1 is 1.37 bits per heavy atom. The smallest absolute Gasteiger partial charge is 0.407 e. The van der Waals surface area contributed by atoms with Gasteiger partial charge in [-0.2, -0.15) is 8.42 Å². The Hall–Kier alpha value is -2.90. The Morgan fingerprint density at radius 3 is 2.70 bits per heavy atom. The van der Waals surface area contributed by atoms with Crippen LogP contribution in [0.2, 0.25) is 0 Å². The normalized spacial score (nSPS) is 16.3. The van der Waals surface area contributed by atoms with Crippen LogP contribution < -0.4 is 16.0 Å². The summed E-state index contributed by atoms with van der Waals surface area (Å²) in [5.74, 6) is 1.47. The van der Waals surface area contributed by atoms with E-state index in [1.54, 1.807) is 25.3 Å². The van der Waals surface area contributed by atoms with Crippen LogP contribution in [0.4, 0.5) is 16.3 Å². The van der Waals surface area contributed by atoms with E-state index in [-0.39, 0.29) is 25.7 Å². The van der Waals surface area contributed by atoms with Crippen molar-refractivity contribution >= 4 is 27.7 Å². The minimum atomic E-state index is -4.51.